The lowest BCUT2D eigenvalue weighted by atomic mass is 10.1. The normalized spacial score (nSPS) is 15.4. The number of benzene rings is 1. The van der Waals surface area contributed by atoms with Gasteiger partial charge in [-0.3, -0.25) is 14.5 Å². The molecule has 7 heteroatoms. The summed E-state index contributed by atoms with van der Waals surface area (Å²) in [6.45, 7) is 4.65. The molecular formula is C18H22FN3O3. The average molecular weight is 347 g/mol. The number of fused-ring (bicyclic) bond motifs is 1. The Balaban J connectivity index is 1.49. The Hall–Kier alpha value is -2.25. The summed E-state index contributed by atoms with van der Waals surface area (Å²) in [7, 11) is 0. The van der Waals surface area contributed by atoms with Crippen LogP contribution >= 0.6 is 0 Å². The highest BCUT2D eigenvalue weighted by Gasteiger charge is 2.11. The Bertz CT molecular complexity index is 800. The van der Waals surface area contributed by atoms with E-state index in [4.69, 9.17) is 4.74 Å². The number of carbonyl (C=O) groups is 1. The monoisotopic (exact) mass is 347 g/mol. The van der Waals surface area contributed by atoms with Crippen molar-refractivity contribution < 1.29 is 13.9 Å². The number of aromatic nitrogens is 1. The quantitative estimate of drug-likeness (QED) is 0.819. The van der Waals surface area contributed by atoms with Gasteiger partial charge < -0.3 is 15.0 Å². The molecule has 0 aliphatic carbocycles. The topological polar surface area (TPSA) is 74.4 Å². The molecule has 6 nitrogen and oxygen atoms in total. The average Bonchev–Trinajstić information content (AvgIpc) is 2.61. The lowest BCUT2D eigenvalue weighted by Gasteiger charge is -2.26. The summed E-state index contributed by atoms with van der Waals surface area (Å²) in [6.07, 6.45) is 0.602. The number of hydrogen-bond donors (Lipinski definition) is 2. The highest BCUT2D eigenvalue weighted by Crippen LogP contribution is 2.13. The molecule has 134 valence electrons. The first-order valence-corrected chi connectivity index (χ1v) is 8.50. The van der Waals surface area contributed by atoms with Gasteiger partial charge in [-0.1, -0.05) is 0 Å². The van der Waals surface area contributed by atoms with E-state index in [2.05, 4.69) is 15.2 Å². The zero-order valence-corrected chi connectivity index (χ0v) is 14.0. The van der Waals surface area contributed by atoms with Crippen molar-refractivity contribution in [1.82, 2.24) is 15.2 Å². The number of carbonyl (C=O) groups excluding carboxylic acids is 1. The molecule has 0 saturated carbocycles. The van der Waals surface area contributed by atoms with Crippen molar-refractivity contribution >= 4 is 16.8 Å². The number of H-pyrrole nitrogens is 1. The molecule has 0 atom stereocenters. The summed E-state index contributed by atoms with van der Waals surface area (Å²) in [4.78, 5) is 28.9. The number of hydrogen-bond acceptors (Lipinski definition) is 4. The second-order valence-electron chi connectivity index (χ2n) is 6.16. The molecule has 2 aromatic rings. The van der Waals surface area contributed by atoms with E-state index in [1.165, 1.54) is 12.1 Å². The number of halogens is 1. The lowest BCUT2D eigenvalue weighted by molar-refractivity contribution is -0.121. The minimum absolute atomic E-state index is 0.0770. The van der Waals surface area contributed by atoms with E-state index >= 15 is 0 Å². The third-order valence-electron chi connectivity index (χ3n) is 4.36. The molecule has 0 unspecified atom stereocenters. The minimum atomic E-state index is -0.393. The smallest absolute Gasteiger partial charge is 0.251 e. The van der Waals surface area contributed by atoms with Crippen LogP contribution in [0.4, 0.5) is 4.39 Å². The molecule has 0 radical (unpaired) electrons. The van der Waals surface area contributed by atoms with Crippen molar-refractivity contribution in [2.45, 2.75) is 12.8 Å². The van der Waals surface area contributed by atoms with Gasteiger partial charge in [0.05, 0.1) is 18.7 Å². The van der Waals surface area contributed by atoms with Crippen LogP contribution in [0.25, 0.3) is 10.9 Å². The third-order valence-corrected chi connectivity index (χ3v) is 4.36. The van der Waals surface area contributed by atoms with Crippen LogP contribution in [0, 0.1) is 5.82 Å². The van der Waals surface area contributed by atoms with Crippen LogP contribution in [0.2, 0.25) is 0 Å². The standard InChI is InChI=1S/C18H22FN3O3/c19-15-3-1-13-11-14(18(24)21-16(13)12-15)2-4-17(23)20-5-6-22-7-9-25-10-8-22/h1,3,11-12H,2,4-10H2,(H,20,23)(H,21,24). The summed E-state index contributed by atoms with van der Waals surface area (Å²) < 4.78 is 18.5. The van der Waals surface area contributed by atoms with Crippen LogP contribution in [-0.2, 0) is 16.0 Å². The maximum absolute atomic E-state index is 13.2. The van der Waals surface area contributed by atoms with E-state index in [0.29, 0.717) is 24.0 Å². The van der Waals surface area contributed by atoms with Gasteiger partial charge in [-0.2, -0.15) is 0 Å². The number of aromatic amines is 1. The Morgan fingerprint density at radius 3 is 2.88 bits per heavy atom. The number of aryl methyl sites for hydroxylation is 1. The number of ether oxygens (including phenoxy) is 1. The van der Waals surface area contributed by atoms with E-state index in [1.54, 1.807) is 12.1 Å². The fourth-order valence-corrected chi connectivity index (χ4v) is 2.92. The molecule has 1 saturated heterocycles. The summed E-state index contributed by atoms with van der Waals surface area (Å²) >= 11 is 0. The fraction of sp³-hybridized carbons (Fsp3) is 0.444. The first-order valence-electron chi connectivity index (χ1n) is 8.50. The number of rotatable bonds is 6. The van der Waals surface area contributed by atoms with Crippen LogP contribution in [0.15, 0.2) is 29.1 Å². The zero-order chi connectivity index (χ0) is 17.6. The van der Waals surface area contributed by atoms with E-state index in [-0.39, 0.29) is 17.9 Å². The number of pyridine rings is 1. The van der Waals surface area contributed by atoms with Crippen LogP contribution in [-0.4, -0.2) is 55.2 Å². The third kappa shape index (κ3) is 4.87. The van der Waals surface area contributed by atoms with Crippen molar-refractivity contribution in [3.05, 3.63) is 46.0 Å². The molecule has 2 N–H and O–H groups in total. The van der Waals surface area contributed by atoms with Crippen molar-refractivity contribution in [3.63, 3.8) is 0 Å². The predicted octanol–water partition coefficient (Wildman–Crippen LogP) is 1.05. The molecule has 2 heterocycles. The van der Waals surface area contributed by atoms with Crippen molar-refractivity contribution in [1.29, 1.82) is 0 Å². The molecule has 3 rings (SSSR count). The number of nitrogens with zero attached hydrogens (tertiary/aromatic N) is 1. The maximum atomic E-state index is 13.2. The Morgan fingerprint density at radius 2 is 2.08 bits per heavy atom. The molecule has 0 bridgehead atoms. The summed E-state index contributed by atoms with van der Waals surface area (Å²) in [6, 6.07) is 5.97. The molecule has 1 aliphatic heterocycles. The molecule has 1 aliphatic rings. The minimum Gasteiger partial charge on any atom is -0.379 e. The van der Waals surface area contributed by atoms with E-state index in [9.17, 15) is 14.0 Å². The molecule has 25 heavy (non-hydrogen) atoms. The van der Waals surface area contributed by atoms with E-state index < -0.39 is 5.82 Å². The molecule has 1 aromatic carbocycles. The van der Waals surface area contributed by atoms with Gasteiger partial charge in [-0.25, -0.2) is 4.39 Å². The van der Waals surface area contributed by atoms with Crippen LogP contribution in [0.3, 0.4) is 0 Å². The number of nitrogens with one attached hydrogen (secondary N) is 2. The van der Waals surface area contributed by atoms with Crippen LogP contribution in [0.1, 0.15) is 12.0 Å². The van der Waals surface area contributed by atoms with Gasteiger partial charge in [0, 0.05) is 38.2 Å². The van der Waals surface area contributed by atoms with Crippen molar-refractivity contribution in [2.75, 3.05) is 39.4 Å². The van der Waals surface area contributed by atoms with Crippen molar-refractivity contribution in [3.8, 4) is 0 Å². The van der Waals surface area contributed by atoms with Gasteiger partial charge in [-0.15, -0.1) is 0 Å². The second-order valence-corrected chi connectivity index (χ2v) is 6.16. The highest BCUT2D eigenvalue weighted by atomic mass is 19.1. The number of morpholine rings is 1. The van der Waals surface area contributed by atoms with Gasteiger partial charge >= 0.3 is 0 Å². The Labute approximate surface area is 145 Å². The summed E-state index contributed by atoms with van der Waals surface area (Å²) in [5.74, 6) is -0.470. The Morgan fingerprint density at radius 1 is 1.28 bits per heavy atom. The van der Waals surface area contributed by atoms with Crippen LogP contribution < -0.4 is 10.9 Å². The van der Waals surface area contributed by atoms with Gasteiger partial charge in [0.25, 0.3) is 5.56 Å². The first-order chi connectivity index (χ1) is 12.1. The molecular weight excluding hydrogens is 325 g/mol. The Kier molecular flexibility index (Phi) is 5.78. The van der Waals surface area contributed by atoms with Gasteiger partial charge in [0.15, 0.2) is 0 Å². The molecule has 1 aromatic heterocycles. The zero-order valence-electron chi connectivity index (χ0n) is 14.0. The van der Waals surface area contributed by atoms with Crippen molar-refractivity contribution in [2.24, 2.45) is 0 Å². The number of amides is 1. The van der Waals surface area contributed by atoms with Crippen LogP contribution in [0.5, 0.6) is 0 Å². The molecule has 1 fully saturated rings. The maximum Gasteiger partial charge on any atom is 0.251 e. The van der Waals surface area contributed by atoms with Gasteiger partial charge in [-0.05, 0) is 36.1 Å². The second kappa shape index (κ2) is 8.22. The predicted molar refractivity (Wildman–Crippen MR) is 93.1 cm³/mol. The van der Waals surface area contributed by atoms with E-state index in [1.807, 2.05) is 0 Å². The summed E-state index contributed by atoms with van der Waals surface area (Å²) in [5.41, 5.74) is 0.713. The fourth-order valence-electron chi connectivity index (χ4n) is 2.92. The van der Waals surface area contributed by atoms with E-state index in [0.717, 1.165) is 38.2 Å². The molecule has 0 spiro atoms. The summed E-state index contributed by atoms with van der Waals surface area (Å²) in [5, 5.41) is 3.63. The highest BCUT2D eigenvalue weighted by molar-refractivity contribution is 5.79. The lowest BCUT2D eigenvalue weighted by Crippen LogP contribution is -2.41. The first kappa shape index (κ1) is 17.6. The van der Waals surface area contributed by atoms with Gasteiger partial charge in [0.2, 0.25) is 5.91 Å². The largest absolute Gasteiger partial charge is 0.379 e. The molecule has 1 amide bonds. The SMILES string of the molecule is O=C(CCc1cc2ccc(F)cc2[nH]c1=O)NCCN1CCOCC1. The van der Waals surface area contributed by atoms with Gasteiger partial charge in [0.1, 0.15) is 5.82 Å².